The number of hydrogen-bond donors (Lipinski definition) is 1. The smallest absolute Gasteiger partial charge is 0.316 e. The van der Waals surface area contributed by atoms with Gasteiger partial charge in [-0.15, -0.1) is 0 Å². The van der Waals surface area contributed by atoms with E-state index in [2.05, 4.69) is 5.32 Å². The Morgan fingerprint density at radius 1 is 1.17 bits per heavy atom. The molecule has 1 aromatic rings. The number of ketones is 1. The highest BCUT2D eigenvalue weighted by Crippen LogP contribution is 2.41. The predicted octanol–water partition coefficient (Wildman–Crippen LogP) is 1.94. The molecule has 5 heteroatoms. The van der Waals surface area contributed by atoms with Crippen molar-refractivity contribution in [2.45, 2.75) is 25.7 Å². The normalized spacial score (nSPS) is 27.3. The second kappa shape index (κ2) is 5.99. The van der Waals surface area contributed by atoms with Crippen LogP contribution in [0.25, 0.3) is 0 Å². The lowest BCUT2D eigenvalue weighted by molar-refractivity contribution is -0.151. The van der Waals surface area contributed by atoms with Gasteiger partial charge in [0, 0.05) is 23.6 Å². The van der Waals surface area contributed by atoms with Crippen LogP contribution in [0.4, 0.5) is 0 Å². The first kappa shape index (κ1) is 15.5. The van der Waals surface area contributed by atoms with E-state index in [1.54, 1.807) is 0 Å². The van der Waals surface area contributed by atoms with Crippen LogP contribution in [0.1, 0.15) is 31.2 Å². The van der Waals surface area contributed by atoms with E-state index < -0.39 is 11.9 Å². The summed E-state index contributed by atoms with van der Waals surface area (Å²) >= 11 is 0. The molecular formula is C18H19NO4. The number of methoxy groups -OCH3 is 1. The highest BCUT2D eigenvalue weighted by molar-refractivity contribution is 6.11. The number of Topliss-reactive ketones (excluding diaryl/α,β-unsaturated/α-hetero) is 1. The van der Waals surface area contributed by atoms with Crippen molar-refractivity contribution in [3.63, 3.8) is 0 Å². The molecule has 1 aliphatic heterocycles. The Labute approximate surface area is 134 Å². The lowest BCUT2D eigenvalue weighted by atomic mass is 9.70. The molecule has 3 rings (SSSR count). The molecule has 1 N–H and O–H groups in total. The molecule has 23 heavy (non-hydrogen) atoms. The highest BCUT2D eigenvalue weighted by Gasteiger charge is 2.45. The number of rotatable bonds is 2. The number of allylic oxidation sites excluding steroid dienone is 2. The molecule has 0 fully saturated rings. The van der Waals surface area contributed by atoms with Crippen LogP contribution in [0, 0.1) is 11.8 Å². The molecule has 3 atom stereocenters. The van der Waals surface area contributed by atoms with Crippen LogP contribution in [0.2, 0.25) is 0 Å². The van der Waals surface area contributed by atoms with Crippen molar-refractivity contribution >= 4 is 17.7 Å². The van der Waals surface area contributed by atoms with E-state index in [0.29, 0.717) is 17.7 Å². The maximum Gasteiger partial charge on any atom is 0.316 e. The predicted molar refractivity (Wildman–Crippen MR) is 83.3 cm³/mol. The van der Waals surface area contributed by atoms with Gasteiger partial charge in [0.25, 0.3) is 0 Å². The van der Waals surface area contributed by atoms with Gasteiger partial charge in [0.05, 0.1) is 7.11 Å². The van der Waals surface area contributed by atoms with Crippen molar-refractivity contribution < 1.29 is 19.1 Å². The number of hydrogen-bond acceptors (Lipinski definition) is 4. The van der Waals surface area contributed by atoms with Crippen molar-refractivity contribution in [3.05, 3.63) is 47.2 Å². The zero-order valence-electron chi connectivity index (χ0n) is 13.2. The monoisotopic (exact) mass is 313 g/mol. The van der Waals surface area contributed by atoms with Crippen molar-refractivity contribution in [1.29, 1.82) is 0 Å². The maximum absolute atomic E-state index is 13.0. The summed E-state index contributed by atoms with van der Waals surface area (Å²) < 4.78 is 4.80. The van der Waals surface area contributed by atoms with Crippen LogP contribution in [-0.4, -0.2) is 24.8 Å². The minimum Gasteiger partial charge on any atom is -0.468 e. The minimum atomic E-state index is -0.792. The second-order valence-electron chi connectivity index (χ2n) is 6.15. The van der Waals surface area contributed by atoms with E-state index in [9.17, 15) is 14.4 Å². The zero-order chi connectivity index (χ0) is 16.6. The summed E-state index contributed by atoms with van der Waals surface area (Å²) in [6.07, 6.45) is 0.715. The van der Waals surface area contributed by atoms with Gasteiger partial charge in [-0.25, -0.2) is 0 Å². The van der Waals surface area contributed by atoms with Crippen LogP contribution in [0.3, 0.4) is 0 Å². The van der Waals surface area contributed by atoms with E-state index in [-0.39, 0.29) is 29.9 Å². The molecular weight excluding hydrogens is 294 g/mol. The zero-order valence-corrected chi connectivity index (χ0v) is 13.2. The molecule has 0 bridgehead atoms. The fourth-order valence-corrected chi connectivity index (χ4v) is 3.57. The summed E-state index contributed by atoms with van der Waals surface area (Å²) in [6.45, 7) is 1.83. The van der Waals surface area contributed by atoms with E-state index in [1.807, 2.05) is 37.3 Å². The van der Waals surface area contributed by atoms with Gasteiger partial charge in [-0.05, 0) is 17.9 Å². The molecule has 120 valence electrons. The molecule has 0 unspecified atom stereocenters. The Hall–Kier alpha value is -2.43. The van der Waals surface area contributed by atoms with Gasteiger partial charge in [-0.3, -0.25) is 14.4 Å². The van der Waals surface area contributed by atoms with Crippen molar-refractivity contribution in [2.75, 3.05) is 7.11 Å². The van der Waals surface area contributed by atoms with E-state index in [0.717, 1.165) is 5.56 Å². The maximum atomic E-state index is 13.0. The fourth-order valence-electron chi connectivity index (χ4n) is 3.57. The first-order valence-corrected chi connectivity index (χ1v) is 7.72. The van der Waals surface area contributed by atoms with Gasteiger partial charge < -0.3 is 10.1 Å². The largest absolute Gasteiger partial charge is 0.468 e. The second-order valence-corrected chi connectivity index (χ2v) is 6.15. The van der Waals surface area contributed by atoms with Gasteiger partial charge >= 0.3 is 5.97 Å². The van der Waals surface area contributed by atoms with Crippen LogP contribution in [-0.2, 0) is 19.1 Å². The summed E-state index contributed by atoms with van der Waals surface area (Å²) in [6, 6.07) is 9.48. The minimum absolute atomic E-state index is 0.0888. The van der Waals surface area contributed by atoms with E-state index >= 15 is 0 Å². The van der Waals surface area contributed by atoms with Crippen LogP contribution < -0.4 is 5.32 Å². The Kier molecular flexibility index (Phi) is 4.03. The van der Waals surface area contributed by atoms with Crippen LogP contribution >= 0.6 is 0 Å². The topological polar surface area (TPSA) is 72.5 Å². The molecule has 0 saturated heterocycles. The van der Waals surface area contributed by atoms with Crippen molar-refractivity contribution in [3.8, 4) is 0 Å². The average Bonchev–Trinajstić information content (AvgIpc) is 2.54. The number of ether oxygens (including phenoxy) is 1. The molecule has 2 aliphatic rings. The number of benzene rings is 1. The Bertz CT molecular complexity index is 692. The lowest BCUT2D eigenvalue weighted by Gasteiger charge is -2.36. The van der Waals surface area contributed by atoms with Gasteiger partial charge in [0.1, 0.15) is 5.92 Å². The standard InChI is InChI=1S/C18H19NO4/c1-10-8-13-16(17(21)15(10)18(22)23-2)12(9-14(20)19-13)11-6-4-3-5-7-11/h3-7,10,12,15H,8-9H2,1-2H3,(H,19,20)/t10-,12+,15+/m1/s1. The van der Waals surface area contributed by atoms with Gasteiger partial charge in [0.15, 0.2) is 5.78 Å². The molecule has 0 radical (unpaired) electrons. The number of carbonyl (C=O) groups excluding carboxylic acids is 3. The van der Waals surface area contributed by atoms with Crippen molar-refractivity contribution in [1.82, 2.24) is 5.32 Å². The van der Waals surface area contributed by atoms with Crippen LogP contribution in [0.15, 0.2) is 41.6 Å². The highest BCUT2D eigenvalue weighted by atomic mass is 16.5. The van der Waals surface area contributed by atoms with Gasteiger partial charge in [0.2, 0.25) is 5.91 Å². The molecule has 0 aromatic heterocycles. The molecule has 1 aliphatic carbocycles. The number of esters is 1. The number of amides is 1. The Morgan fingerprint density at radius 2 is 1.87 bits per heavy atom. The molecule has 0 saturated carbocycles. The molecule has 1 heterocycles. The van der Waals surface area contributed by atoms with E-state index in [1.165, 1.54) is 7.11 Å². The average molecular weight is 313 g/mol. The molecule has 5 nitrogen and oxygen atoms in total. The molecule has 1 aromatic carbocycles. The quantitative estimate of drug-likeness (QED) is 0.669. The van der Waals surface area contributed by atoms with Gasteiger partial charge in [-0.2, -0.15) is 0 Å². The number of carbonyl (C=O) groups is 3. The Balaban J connectivity index is 2.07. The SMILES string of the molecule is COC(=O)[C@@H]1C(=O)C2=C(C[C@H]1C)NC(=O)C[C@H]2c1ccccc1. The third-order valence-corrected chi connectivity index (χ3v) is 4.65. The summed E-state index contributed by atoms with van der Waals surface area (Å²) in [5, 5.41) is 2.82. The first-order chi connectivity index (χ1) is 11.0. The lowest BCUT2D eigenvalue weighted by Crippen LogP contribution is -2.44. The van der Waals surface area contributed by atoms with Gasteiger partial charge in [-0.1, -0.05) is 37.3 Å². The fraction of sp³-hybridized carbons (Fsp3) is 0.389. The molecule has 1 amide bonds. The van der Waals surface area contributed by atoms with E-state index in [4.69, 9.17) is 4.74 Å². The Morgan fingerprint density at radius 3 is 2.52 bits per heavy atom. The third kappa shape index (κ3) is 2.67. The number of nitrogens with one attached hydrogen (secondary N) is 1. The van der Waals surface area contributed by atoms with Crippen LogP contribution in [0.5, 0.6) is 0 Å². The first-order valence-electron chi connectivity index (χ1n) is 7.72. The molecule has 0 spiro atoms. The van der Waals surface area contributed by atoms with Crippen molar-refractivity contribution in [2.24, 2.45) is 11.8 Å². The summed E-state index contributed by atoms with van der Waals surface area (Å²) in [5.74, 6) is -2.10. The summed E-state index contributed by atoms with van der Waals surface area (Å²) in [4.78, 5) is 37.0. The third-order valence-electron chi connectivity index (χ3n) is 4.65. The summed E-state index contributed by atoms with van der Waals surface area (Å²) in [5.41, 5.74) is 2.14. The summed E-state index contributed by atoms with van der Waals surface area (Å²) in [7, 11) is 1.30.